The van der Waals surface area contributed by atoms with Gasteiger partial charge in [-0.1, -0.05) is 19.9 Å². The lowest BCUT2D eigenvalue weighted by Crippen LogP contribution is -2.46. The maximum atomic E-state index is 12.9. The number of pyridine rings is 1. The van der Waals surface area contributed by atoms with Crippen molar-refractivity contribution in [2.24, 2.45) is 5.92 Å². The molecule has 0 radical (unpaired) electrons. The van der Waals surface area contributed by atoms with Crippen molar-refractivity contribution >= 4 is 23.3 Å². The Labute approximate surface area is 153 Å². The second-order valence-electron chi connectivity index (χ2n) is 6.78. The standard InChI is InChI=1S/C20H23N3O3/c1-13(2)10-17(20(25)22-18-6-4-5-9-21-18)23-16-8-7-15(26-3)11-14(16)12-19(23)24/h4-9,11,13,17H,10,12H2,1-3H3,(H,21,22,25). The Morgan fingerprint density at radius 1 is 1.31 bits per heavy atom. The van der Waals surface area contributed by atoms with E-state index in [0.717, 1.165) is 11.3 Å². The van der Waals surface area contributed by atoms with Crippen LogP contribution in [-0.2, 0) is 16.0 Å². The fourth-order valence-corrected chi connectivity index (χ4v) is 3.21. The highest BCUT2D eigenvalue weighted by Crippen LogP contribution is 2.35. The average Bonchev–Trinajstić information content (AvgIpc) is 2.94. The van der Waals surface area contributed by atoms with Crippen molar-refractivity contribution in [3.63, 3.8) is 0 Å². The summed E-state index contributed by atoms with van der Waals surface area (Å²) >= 11 is 0. The number of anilines is 2. The van der Waals surface area contributed by atoms with Crippen LogP contribution in [0.5, 0.6) is 5.75 Å². The topological polar surface area (TPSA) is 71.5 Å². The lowest BCUT2D eigenvalue weighted by Gasteiger charge is -2.29. The molecule has 0 saturated carbocycles. The summed E-state index contributed by atoms with van der Waals surface area (Å²) in [6, 6.07) is 10.3. The van der Waals surface area contributed by atoms with Crippen molar-refractivity contribution in [2.75, 3.05) is 17.3 Å². The van der Waals surface area contributed by atoms with E-state index in [-0.39, 0.29) is 24.2 Å². The zero-order valence-corrected chi connectivity index (χ0v) is 15.2. The van der Waals surface area contributed by atoms with Crippen LogP contribution in [0.15, 0.2) is 42.6 Å². The molecule has 2 amide bonds. The van der Waals surface area contributed by atoms with E-state index in [1.54, 1.807) is 30.3 Å². The molecule has 2 aromatic rings. The van der Waals surface area contributed by atoms with Crippen LogP contribution in [0, 0.1) is 5.92 Å². The summed E-state index contributed by atoms with van der Waals surface area (Å²) < 4.78 is 5.24. The number of carbonyl (C=O) groups is 2. The number of aromatic nitrogens is 1. The van der Waals surface area contributed by atoms with Crippen LogP contribution in [0.3, 0.4) is 0 Å². The van der Waals surface area contributed by atoms with Crippen molar-refractivity contribution in [3.8, 4) is 5.75 Å². The number of nitrogens with one attached hydrogen (secondary N) is 1. The van der Waals surface area contributed by atoms with Crippen LogP contribution < -0.4 is 15.0 Å². The molecule has 136 valence electrons. The van der Waals surface area contributed by atoms with Crippen molar-refractivity contribution < 1.29 is 14.3 Å². The van der Waals surface area contributed by atoms with E-state index in [1.807, 2.05) is 38.1 Å². The molecule has 1 atom stereocenters. The summed E-state index contributed by atoms with van der Waals surface area (Å²) in [6.45, 7) is 4.08. The van der Waals surface area contributed by atoms with Gasteiger partial charge in [0.25, 0.3) is 0 Å². The number of methoxy groups -OCH3 is 1. The molecule has 1 N–H and O–H groups in total. The molecule has 1 aromatic carbocycles. The lowest BCUT2D eigenvalue weighted by molar-refractivity contribution is -0.123. The quantitative estimate of drug-likeness (QED) is 0.866. The van der Waals surface area contributed by atoms with E-state index >= 15 is 0 Å². The fourth-order valence-electron chi connectivity index (χ4n) is 3.21. The summed E-state index contributed by atoms with van der Waals surface area (Å²) in [5.74, 6) is 1.14. The van der Waals surface area contributed by atoms with Crippen LogP contribution >= 0.6 is 0 Å². The molecular formula is C20H23N3O3. The number of benzene rings is 1. The van der Waals surface area contributed by atoms with E-state index in [4.69, 9.17) is 4.74 Å². The highest BCUT2D eigenvalue weighted by molar-refractivity contribution is 6.09. The van der Waals surface area contributed by atoms with E-state index in [2.05, 4.69) is 10.3 Å². The third-order valence-corrected chi connectivity index (χ3v) is 4.38. The minimum absolute atomic E-state index is 0.0740. The Bertz CT molecular complexity index is 805. The van der Waals surface area contributed by atoms with Crippen LogP contribution in [0.2, 0.25) is 0 Å². The maximum absolute atomic E-state index is 12.9. The van der Waals surface area contributed by atoms with E-state index in [0.29, 0.717) is 18.0 Å². The van der Waals surface area contributed by atoms with E-state index in [1.165, 1.54) is 0 Å². The second-order valence-corrected chi connectivity index (χ2v) is 6.78. The number of fused-ring (bicyclic) bond motifs is 1. The average molecular weight is 353 g/mol. The van der Waals surface area contributed by atoms with Crippen LogP contribution in [-0.4, -0.2) is 29.9 Å². The molecule has 26 heavy (non-hydrogen) atoms. The highest BCUT2D eigenvalue weighted by atomic mass is 16.5. The van der Waals surface area contributed by atoms with Crippen LogP contribution in [0.4, 0.5) is 11.5 Å². The van der Waals surface area contributed by atoms with Gasteiger partial charge < -0.3 is 10.1 Å². The molecular weight excluding hydrogens is 330 g/mol. The molecule has 3 rings (SSSR count). The van der Waals surface area contributed by atoms with Gasteiger partial charge in [0, 0.05) is 11.9 Å². The van der Waals surface area contributed by atoms with Crippen molar-refractivity contribution in [1.82, 2.24) is 4.98 Å². The Hall–Kier alpha value is -2.89. The molecule has 6 heteroatoms. The van der Waals surface area contributed by atoms with Crippen molar-refractivity contribution in [3.05, 3.63) is 48.2 Å². The van der Waals surface area contributed by atoms with Gasteiger partial charge in [0.1, 0.15) is 17.6 Å². The summed E-state index contributed by atoms with van der Waals surface area (Å²) in [7, 11) is 1.60. The first kappa shape index (κ1) is 17.9. The SMILES string of the molecule is COc1ccc2c(c1)CC(=O)N2C(CC(C)C)C(=O)Nc1ccccn1. The number of hydrogen-bond donors (Lipinski definition) is 1. The van der Waals surface area contributed by atoms with Gasteiger partial charge in [-0.25, -0.2) is 4.98 Å². The van der Waals surface area contributed by atoms with Gasteiger partial charge in [0.05, 0.1) is 13.5 Å². The number of rotatable bonds is 6. The minimum Gasteiger partial charge on any atom is -0.497 e. The molecule has 2 heterocycles. The Balaban J connectivity index is 1.91. The molecule has 0 bridgehead atoms. The summed E-state index contributed by atoms with van der Waals surface area (Å²) in [4.78, 5) is 31.4. The first-order chi connectivity index (χ1) is 12.5. The number of carbonyl (C=O) groups excluding carboxylic acids is 2. The molecule has 1 aliphatic heterocycles. The Morgan fingerprint density at radius 3 is 2.77 bits per heavy atom. The molecule has 0 saturated heterocycles. The monoisotopic (exact) mass is 353 g/mol. The minimum atomic E-state index is -0.584. The molecule has 1 unspecified atom stereocenters. The number of amides is 2. The van der Waals surface area contributed by atoms with Gasteiger partial charge in [-0.3, -0.25) is 14.5 Å². The molecule has 0 fully saturated rings. The van der Waals surface area contributed by atoms with Gasteiger partial charge in [0.15, 0.2) is 0 Å². The highest BCUT2D eigenvalue weighted by Gasteiger charge is 2.37. The van der Waals surface area contributed by atoms with Crippen LogP contribution in [0.1, 0.15) is 25.8 Å². The molecule has 1 aromatic heterocycles. The number of hydrogen-bond acceptors (Lipinski definition) is 4. The predicted octanol–water partition coefficient (Wildman–Crippen LogP) is 3.03. The Morgan fingerprint density at radius 2 is 2.12 bits per heavy atom. The zero-order chi connectivity index (χ0) is 18.7. The first-order valence-electron chi connectivity index (χ1n) is 8.70. The molecule has 1 aliphatic rings. The summed E-state index contributed by atoms with van der Waals surface area (Å²) in [5.41, 5.74) is 1.66. The van der Waals surface area contributed by atoms with Gasteiger partial charge in [0.2, 0.25) is 11.8 Å². The first-order valence-corrected chi connectivity index (χ1v) is 8.70. The van der Waals surface area contributed by atoms with Crippen LogP contribution in [0.25, 0.3) is 0 Å². The number of nitrogens with zero attached hydrogens (tertiary/aromatic N) is 2. The fraction of sp³-hybridized carbons (Fsp3) is 0.350. The smallest absolute Gasteiger partial charge is 0.248 e. The second kappa shape index (κ2) is 7.56. The van der Waals surface area contributed by atoms with Gasteiger partial charge in [-0.2, -0.15) is 0 Å². The normalized spacial score (nSPS) is 14.3. The van der Waals surface area contributed by atoms with Gasteiger partial charge in [-0.05, 0) is 48.2 Å². The molecule has 0 spiro atoms. The van der Waals surface area contributed by atoms with Crippen molar-refractivity contribution in [1.29, 1.82) is 0 Å². The third kappa shape index (κ3) is 3.69. The van der Waals surface area contributed by atoms with E-state index < -0.39 is 6.04 Å². The maximum Gasteiger partial charge on any atom is 0.248 e. The zero-order valence-electron chi connectivity index (χ0n) is 15.2. The number of ether oxygens (including phenoxy) is 1. The lowest BCUT2D eigenvalue weighted by atomic mass is 10.0. The van der Waals surface area contributed by atoms with Crippen molar-refractivity contribution in [2.45, 2.75) is 32.7 Å². The largest absolute Gasteiger partial charge is 0.497 e. The molecule has 0 aliphatic carbocycles. The molecule has 6 nitrogen and oxygen atoms in total. The predicted molar refractivity (Wildman–Crippen MR) is 100 cm³/mol. The third-order valence-electron chi connectivity index (χ3n) is 4.38. The summed E-state index contributed by atoms with van der Waals surface area (Å²) in [5, 5.41) is 2.83. The Kier molecular flexibility index (Phi) is 5.21. The van der Waals surface area contributed by atoms with E-state index in [9.17, 15) is 9.59 Å². The van der Waals surface area contributed by atoms with Gasteiger partial charge in [-0.15, -0.1) is 0 Å². The van der Waals surface area contributed by atoms with Gasteiger partial charge >= 0.3 is 0 Å². The summed E-state index contributed by atoms with van der Waals surface area (Å²) in [6.07, 6.45) is 2.46.